The summed E-state index contributed by atoms with van der Waals surface area (Å²) in [5.74, 6) is 0. The Balaban J connectivity index is 2.26. The van der Waals surface area contributed by atoms with Crippen molar-refractivity contribution >= 4 is 0 Å². The quantitative estimate of drug-likeness (QED) is 0.557. The molecule has 0 N–H and O–H groups in total. The highest BCUT2D eigenvalue weighted by Crippen LogP contribution is 2.13. The van der Waals surface area contributed by atoms with E-state index in [1.807, 2.05) is 0 Å². The van der Waals surface area contributed by atoms with Gasteiger partial charge in [0.05, 0.1) is 6.61 Å². The summed E-state index contributed by atoms with van der Waals surface area (Å²) < 4.78 is 4.98. The van der Waals surface area contributed by atoms with Crippen molar-refractivity contribution in [2.75, 3.05) is 33.9 Å². The molecule has 0 bridgehead atoms. The Labute approximate surface area is 68.8 Å². The normalized spacial score (nSPS) is 20.4. The van der Waals surface area contributed by atoms with Gasteiger partial charge in [0, 0.05) is 20.2 Å². The first-order valence-corrected chi connectivity index (χ1v) is 4.18. The molecule has 0 radical (unpaired) electrons. The lowest BCUT2D eigenvalue weighted by atomic mass is 10.0. The third-order valence-electron chi connectivity index (χ3n) is 2.17. The Bertz CT molecular complexity index is 132. The van der Waals surface area contributed by atoms with Crippen LogP contribution in [0.2, 0.25) is 0 Å². The number of rotatable bonds is 2. The average molecular weight is 155 g/mol. The van der Waals surface area contributed by atoms with Crippen LogP contribution in [-0.4, -0.2) is 38.8 Å². The summed E-state index contributed by atoms with van der Waals surface area (Å²) in [6, 6.07) is 0. The van der Waals surface area contributed by atoms with Crippen LogP contribution in [0.15, 0.2) is 11.6 Å². The van der Waals surface area contributed by atoms with Crippen LogP contribution < -0.4 is 0 Å². The molecule has 1 saturated heterocycles. The van der Waals surface area contributed by atoms with Crippen LogP contribution in [-0.2, 0) is 4.74 Å². The minimum Gasteiger partial charge on any atom is -0.381 e. The van der Waals surface area contributed by atoms with Crippen molar-refractivity contribution in [3.63, 3.8) is 0 Å². The topological polar surface area (TPSA) is 12.5 Å². The van der Waals surface area contributed by atoms with Crippen LogP contribution in [0.25, 0.3) is 0 Å². The summed E-state index contributed by atoms with van der Waals surface area (Å²) in [5.41, 5.74) is 1.56. The molecule has 0 amide bonds. The molecule has 0 unspecified atom stereocenters. The van der Waals surface area contributed by atoms with Crippen molar-refractivity contribution < 1.29 is 4.74 Å². The summed E-state index contributed by atoms with van der Waals surface area (Å²) in [5, 5.41) is 0. The zero-order valence-corrected chi connectivity index (χ0v) is 7.47. The molecule has 1 rings (SSSR count). The highest BCUT2D eigenvalue weighted by Gasteiger charge is 2.08. The van der Waals surface area contributed by atoms with E-state index < -0.39 is 0 Å². The molecule has 0 aromatic rings. The van der Waals surface area contributed by atoms with E-state index in [0.717, 1.165) is 6.61 Å². The maximum atomic E-state index is 4.98. The molecule has 1 aliphatic rings. The van der Waals surface area contributed by atoms with Crippen molar-refractivity contribution in [1.29, 1.82) is 0 Å². The molecule has 0 spiro atoms. The fourth-order valence-electron chi connectivity index (χ4n) is 1.31. The molecule has 64 valence electrons. The van der Waals surface area contributed by atoms with Gasteiger partial charge in [-0.2, -0.15) is 0 Å². The summed E-state index contributed by atoms with van der Waals surface area (Å²) in [7, 11) is 3.92. The highest BCUT2D eigenvalue weighted by molar-refractivity contribution is 5.05. The first-order valence-electron chi connectivity index (χ1n) is 4.18. The molecule has 0 aromatic carbocycles. The molecule has 0 saturated carbocycles. The average Bonchev–Trinajstić information content (AvgIpc) is 2.04. The van der Waals surface area contributed by atoms with E-state index in [9.17, 15) is 0 Å². The second-order valence-corrected chi connectivity index (χ2v) is 3.12. The fourth-order valence-corrected chi connectivity index (χ4v) is 1.31. The second-order valence-electron chi connectivity index (χ2n) is 3.12. The standard InChI is InChI=1S/C9H17NO/c1-10-6-3-9(4-7-10)5-8-11-2/h5H,3-4,6-8H2,1-2H3. The summed E-state index contributed by atoms with van der Waals surface area (Å²) in [6.07, 6.45) is 4.66. The van der Waals surface area contributed by atoms with Gasteiger partial charge in [-0.3, -0.25) is 0 Å². The number of ether oxygens (including phenoxy) is 1. The summed E-state index contributed by atoms with van der Waals surface area (Å²) >= 11 is 0. The van der Waals surface area contributed by atoms with Crippen molar-refractivity contribution in [2.24, 2.45) is 0 Å². The van der Waals surface area contributed by atoms with Gasteiger partial charge in [0.2, 0.25) is 0 Å². The molecule has 0 atom stereocenters. The Hall–Kier alpha value is -0.340. The van der Waals surface area contributed by atoms with Gasteiger partial charge in [-0.15, -0.1) is 0 Å². The summed E-state index contributed by atoms with van der Waals surface area (Å²) in [4.78, 5) is 2.37. The van der Waals surface area contributed by atoms with Crippen LogP contribution in [0.3, 0.4) is 0 Å². The maximum absolute atomic E-state index is 4.98. The molecule has 1 fully saturated rings. The van der Waals surface area contributed by atoms with Gasteiger partial charge in [0.25, 0.3) is 0 Å². The minimum absolute atomic E-state index is 0.777. The number of likely N-dealkylation sites (tertiary alicyclic amines) is 1. The van der Waals surface area contributed by atoms with Gasteiger partial charge in [0.15, 0.2) is 0 Å². The van der Waals surface area contributed by atoms with Gasteiger partial charge < -0.3 is 9.64 Å². The second kappa shape index (κ2) is 4.52. The van der Waals surface area contributed by atoms with E-state index in [4.69, 9.17) is 4.74 Å². The molecule has 2 nitrogen and oxygen atoms in total. The third kappa shape index (κ3) is 3.04. The fraction of sp³-hybridized carbons (Fsp3) is 0.778. The van der Waals surface area contributed by atoms with E-state index in [1.54, 1.807) is 12.7 Å². The maximum Gasteiger partial charge on any atom is 0.0646 e. The SMILES string of the molecule is COCC=C1CCN(C)CC1. The molecule has 0 aliphatic carbocycles. The van der Waals surface area contributed by atoms with Crippen LogP contribution in [0.1, 0.15) is 12.8 Å². The van der Waals surface area contributed by atoms with Crippen LogP contribution in [0.4, 0.5) is 0 Å². The highest BCUT2D eigenvalue weighted by atomic mass is 16.5. The zero-order chi connectivity index (χ0) is 8.10. The molecule has 1 heterocycles. The predicted octanol–water partition coefficient (Wildman–Crippen LogP) is 1.28. The first-order chi connectivity index (χ1) is 5.33. The number of nitrogens with zero attached hydrogens (tertiary/aromatic N) is 1. The lowest BCUT2D eigenvalue weighted by Crippen LogP contribution is -2.26. The Morgan fingerprint density at radius 2 is 2.09 bits per heavy atom. The largest absolute Gasteiger partial charge is 0.381 e. The number of piperidine rings is 1. The molecule has 0 aromatic heterocycles. The monoisotopic (exact) mass is 155 g/mol. The number of methoxy groups -OCH3 is 1. The number of hydrogen-bond donors (Lipinski definition) is 0. The van der Waals surface area contributed by atoms with Crippen LogP contribution in [0.5, 0.6) is 0 Å². The van der Waals surface area contributed by atoms with Crippen molar-refractivity contribution in [3.8, 4) is 0 Å². The van der Waals surface area contributed by atoms with Crippen LogP contribution in [0, 0.1) is 0 Å². The third-order valence-corrected chi connectivity index (χ3v) is 2.17. The minimum atomic E-state index is 0.777. The Morgan fingerprint density at radius 1 is 1.45 bits per heavy atom. The van der Waals surface area contributed by atoms with Crippen molar-refractivity contribution in [2.45, 2.75) is 12.8 Å². The smallest absolute Gasteiger partial charge is 0.0646 e. The molecule has 1 aliphatic heterocycles. The lowest BCUT2D eigenvalue weighted by molar-refractivity contribution is 0.231. The van der Waals surface area contributed by atoms with Gasteiger partial charge in [-0.1, -0.05) is 11.6 Å². The van der Waals surface area contributed by atoms with E-state index in [1.165, 1.54) is 25.9 Å². The number of hydrogen-bond acceptors (Lipinski definition) is 2. The van der Waals surface area contributed by atoms with Gasteiger partial charge >= 0.3 is 0 Å². The van der Waals surface area contributed by atoms with E-state index in [0.29, 0.717) is 0 Å². The first kappa shape index (κ1) is 8.75. The van der Waals surface area contributed by atoms with E-state index in [2.05, 4.69) is 18.0 Å². The lowest BCUT2D eigenvalue weighted by Gasteiger charge is -2.23. The predicted molar refractivity (Wildman–Crippen MR) is 46.7 cm³/mol. The molecular weight excluding hydrogens is 138 g/mol. The Morgan fingerprint density at radius 3 is 2.64 bits per heavy atom. The summed E-state index contributed by atoms with van der Waals surface area (Å²) in [6.45, 7) is 3.18. The van der Waals surface area contributed by atoms with Gasteiger partial charge in [0.1, 0.15) is 0 Å². The van der Waals surface area contributed by atoms with Crippen LogP contribution >= 0.6 is 0 Å². The van der Waals surface area contributed by atoms with E-state index in [-0.39, 0.29) is 0 Å². The van der Waals surface area contributed by atoms with Gasteiger partial charge in [-0.25, -0.2) is 0 Å². The van der Waals surface area contributed by atoms with E-state index >= 15 is 0 Å². The molecular formula is C9H17NO. The molecule has 2 heteroatoms. The van der Waals surface area contributed by atoms with Gasteiger partial charge in [-0.05, 0) is 19.9 Å². The Kier molecular flexibility index (Phi) is 3.60. The molecule has 11 heavy (non-hydrogen) atoms. The zero-order valence-electron chi connectivity index (χ0n) is 7.47. The van der Waals surface area contributed by atoms with Crippen molar-refractivity contribution in [3.05, 3.63) is 11.6 Å². The van der Waals surface area contributed by atoms with Crippen molar-refractivity contribution in [1.82, 2.24) is 4.90 Å².